The summed E-state index contributed by atoms with van der Waals surface area (Å²) in [4.78, 5) is 23.9. The van der Waals surface area contributed by atoms with Crippen molar-refractivity contribution in [2.45, 2.75) is 39.9 Å². The number of carbonyl (C=O) groups is 2. The van der Waals surface area contributed by atoms with Crippen LogP contribution in [-0.4, -0.2) is 33.5 Å². The fourth-order valence-electron chi connectivity index (χ4n) is 2.15. The molecule has 5 nitrogen and oxygen atoms in total. The van der Waals surface area contributed by atoms with Crippen LogP contribution in [0.5, 0.6) is 0 Å². The number of ether oxygens (including phenoxy) is 2. The summed E-state index contributed by atoms with van der Waals surface area (Å²) in [5, 5.41) is 0. The minimum Gasteiger partial charge on any atom is -0.548 e. The van der Waals surface area contributed by atoms with Crippen LogP contribution in [0, 0.1) is 11.8 Å². The standard InChI is InChI=1S/C14H24O5Si/c1-6-17-13(15)11-8-10(19-20(3,4)5)9-12(11)14(16)18-7-2/h8,11-12H,6-7,9H2,1-5H3. The molecule has 0 amide bonds. The van der Waals surface area contributed by atoms with E-state index in [0.717, 1.165) is 0 Å². The second-order valence-corrected chi connectivity index (χ2v) is 10.1. The number of esters is 2. The maximum Gasteiger partial charge on any atom is 0.313 e. The van der Waals surface area contributed by atoms with Crippen LogP contribution >= 0.6 is 0 Å². The van der Waals surface area contributed by atoms with Crippen molar-refractivity contribution < 1.29 is 23.5 Å². The fourth-order valence-corrected chi connectivity index (χ4v) is 3.09. The van der Waals surface area contributed by atoms with E-state index in [0.29, 0.717) is 25.4 Å². The number of hydrogen-bond acceptors (Lipinski definition) is 5. The van der Waals surface area contributed by atoms with E-state index in [2.05, 4.69) is 19.6 Å². The van der Waals surface area contributed by atoms with Gasteiger partial charge < -0.3 is 13.9 Å². The van der Waals surface area contributed by atoms with Crippen molar-refractivity contribution >= 4 is 20.3 Å². The molecule has 0 spiro atoms. The van der Waals surface area contributed by atoms with Crippen molar-refractivity contribution in [1.29, 1.82) is 0 Å². The van der Waals surface area contributed by atoms with E-state index in [1.807, 2.05) is 0 Å². The van der Waals surface area contributed by atoms with E-state index < -0.39 is 20.2 Å². The van der Waals surface area contributed by atoms with Gasteiger partial charge in [-0.2, -0.15) is 0 Å². The SMILES string of the molecule is CCOC(=O)C1C=C(O[Si](C)(C)C)CC1C(=O)OCC. The highest BCUT2D eigenvalue weighted by molar-refractivity contribution is 6.70. The van der Waals surface area contributed by atoms with Crippen LogP contribution in [0.1, 0.15) is 20.3 Å². The van der Waals surface area contributed by atoms with Crippen LogP contribution in [0.4, 0.5) is 0 Å². The summed E-state index contributed by atoms with van der Waals surface area (Å²) in [7, 11) is -1.76. The molecule has 20 heavy (non-hydrogen) atoms. The van der Waals surface area contributed by atoms with Crippen molar-refractivity contribution in [3.63, 3.8) is 0 Å². The molecule has 2 atom stereocenters. The third-order valence-electron chi connectivity index (χ3n) is 2.81. The van der Waals surface area contributed by atoms with Crippen LogP contribution in [0.3, 0.4) is 0 Å². The van der Waals surface area contributed by atoms with Crippen molar-refractivity contribution in [3.8, 4) is 0 Å². The van der Waals surface area contributed by atoms with Crippen LogP contribution in [0.25, 0.3) is 0 Å². The Hall–Kier alpha value is -1.30. The molecule has 1 rings (SSSR count). The van der Waals surface area contributed by atoms with E-state index in [1.165, 1.54) is 0 Å². The monoisotopic (exact) mass is 300 g/mol. The third-order valence-corrected chi connectivity index (χ3v) is 3.68. The number of rotatable bonds is 6. The lowest BCUT2D eigenvalue weighted by atomic mass is 9.96. The van der Waals surface area contributed by atoms with Crippen molar-refractivity contribution in [2.24, 2.45) is 11.8 Å². The average Bonchev–Trinajstić information content (AvgIpc) is 2.71. The lowest BCUT2D eigenvalue weighted by Gasteiger charge is -2.20. The molecular formula is C14H24O5Si. The Bertz CT molecular complexity index is 397. The van der Waals surface area contributed by atoms with Gasteiger partial charge in [0.05, 0.1) is 30.8 Å². The molecule has 0 radical (unpaired) electrons. The summed E-state index contributed by atoms with van der Waals surface area (Å²) < 4.78 is 16.0. The van der Waals surface area contributed by atoms with Gasteiger partial charge in [-0.05, 0) is 39.6 Å². The lowest BCUT2D eigenvalue weighted by molar-refractivity contribution is -0.157. The van der Waals surface area contributed by atoms with Crippen molar-refractivity contribution in [1.82, 2.24) is 0 Å². The van der Waals surface area contributed by atoms with E-state index in [4.69, 9.17) is 13.9 Å². The maximum atomic E-state index is 12.0. The third kappa shape index (κ3) is 4.66. The minimum absolute atomic E-state index is 0.295. The molecule has 0 bridgehead atoms. The Balaban J connectivity index is 2.85. The highest BCUT2D eigenvalue weighted by Crippen LogP contribution is 2.34. The summed E-state index contributed by atoms with van der Waals surface area (Å²) in [6.45, 7) is 10.3. The van der Waals surface area contributed by atoms with E-state index >= 15 is 0 Å². The normalized spacial score (nSPS) is 22.1. The van der Waals surface area contributed by atoms with Gasteiger partial charge in [-0.3, -0.25) is 9.59 Å². The van der Waals surface area contributed by atoms with E-state index in [9.17, 15) is 9.59 Å². The maximum absolute atomic E-state index is 12.0. The van der Waals surface area contributed by atoms with E-state index in [1.54, 1.807) is 19.9 Å². The Morgan fingerprint density at radius 3 is 2.20 bits per heavy atom. The van der Waals surface area contributed by atoms with Gasteiger partial charge in [0.2, 0.25) is 8.32 Å². The zero-order valence-electron chi connectivity index (χ0n) is 12.9. The molecule has 1 aliphatic rings. The molecule has 0 fully saturated rings. The Morgan fingerprint density at radius 1 is 1.15 bits per heavy atom. The molecular weight excluding hydrogens is 276 g/mol. The highest BCUT2D eigenvalue weighted by Gasteiger charge is 2.41. The van der Waals surface area contributed by atoms with Crippen molar-refractivity contribution in [3.05, 3.63) is 11.8 Å². The fraction of sp³-hybridized carbons (Fsp3) is 0.714. The predicted octanol–water partition coefficient (Wildman–Crippen LogP) is 2.48. The van der Waals surface area contributed by atoms with Crippen LogP contribution in [0.15, 0.2) is 11.8 Å². The summed E-state index contributed by atoms with van der Waals surface area (Å²) in [5.41, 5.74) is 0. The molecule has 0 N–H and O–H groups in total. The smallest absolute Gasteiger partial charge is 0.313 e. The zero-order chi connectivity index (χ0) is 15.3. The highest BCUT2D eigenvalue weighted by atomic mass is 28.4. The van der Waals surface area contributed by atoms with Crippen LogP contribution in [0.2, 0.25) is 19.6 Å². The molecule has 6 heteroatoms. The first-order chi connectivity index (χ1) is 9.28. The van der Waals surface area contributed by atoms with E-state index in [-0.39, 0.29) is 11.9 Å². The van der Waals surface area contributed by atoms with Gasteiger partial charge in [0.15, 0.2) is 0 Å². The second kappa shape index (κ2) is 6.92. The largest absolute Gasteiger partial charge is 0.548 e. The second-order valence-electron chi connectivity index (χ2n) is 5.69. The minimum atomic E-state index is -1.76. The molecule has 0 saturated carbocycles. The number of allylic oxidation sites excluding steroid dienone is 1. The summed E-state index contributed by atoms with van der Waals surface area (Å²) in [5.74, 6) is -1.17. The van der Waals surface area contributed by atoms with Gasteiger partial charge in [0.25, 0.3) is 0 Å². The Morgan fingerprint density at radius 2 is 1.70 bits per heavy atom. The van der Waals surface area contributed by atoms with Gasteiger partial charge in [0.1, 0.15) is 0 Å². The lowest BCUT2D eigenvalue weighted by Crippen LogP contribution is -2.29. The Kier molecular flexibility index (Phi) is 5.80. The van der Waals surface area contributed by atoms with Gasteiger partial charge in [-0.15, -0.1) is 0 Å². The molecule has 2 unspecified atom stereocenters. The van der Waals surface area contributed by atoms with Gasteiger partial charge in [0, 0.05) is 6.42 Å². The average molecular weight is 300 g/mol. The van der Waals surface area contributed by atoms with Crippen LogP contribution < -0.4 is 0 Å². The summed E-state index contributed by atoms with van der Waals surface area (Å²) in [6, 6.07) is 0. The molecule has 0 aliphatic heterocycles. The van der Waals surface area contributed by atoms with Crippen molar-refractivity contribution in [2.75, 3.05) is 13.2 Å². The first kappa shape index (κ1) is 16.8. The molecule has 0 aromatic carbocycles. The number of hydrogen-bond donors (Lipinski definition) is 0. The number of carbonyl (C=O) groups excluding carboxylic acids is 2. The first-order valence-electron chi connectivity index (χ1n) is 7.01. The summed E-state index contributed by atoms with van der Waals surface area (Å²) >= 11 is 0. The van der Waals surface area contributed by atoms with Crippen LogP contribution in [-0.2, 0) is 23.5 Å². The first-order valence-corrected chi connectivity index (χ1v) is 10.4. The molecule has 0 aromatic heterocycles. The topological polar surface area (TPSA) is 61.8 Å². The molecule has 1 aliphatic carbocycles. The molecule has 0 saturated heterocycles. The van der Waals surface area contributed by atoms with Gasteiger partial charge in [-0.1, -0.05) is 0 Å². The summed E-state index contributed by atoms with van der Waals surface area (Å²) in [6.07, 6.45) is 2.13. The predicted molar refractivity (Wildman–Crippen MR) is 77.4 cm³/mol. The molecule has 114 valence electrons. The Labute approximate surface area is 121 Å². The quantitative estimate of drug-likeness (QED) is 0.557. The zero-order valence-corrected chi connectivity index (χ0v) is 13.9. The van der Waals surface area contributed by atoms with Gasteiger partial charge >= 0.3 is 11.9 Å². The molecule has 0 aromatic rings. The van der Waals surface area contributed by atoms with Gasteiger partial charge in [-0.25, -0.2) is 0 Å². The molecule has 0 heterocycles.